The van der Waals surface area contributed by atoms with E-state index >= 15 is 0 Å². The van der Waals surface area contributed by atoms with Crippen LogP contribution in [0.1, 0.15) is 50.6 Å². The number of carbonyl (C=O) groups is 1. The number of carbonyl (C=O) groups excluding carboxylic acids is 1. The zero-order chi connectivity index (χ0) is 14.0. The van der Waals surface area contributed by atoms with E-state index in [1.54, 1.807) is 0 Å². The van der Waals surface area contributed by atoms with Crippen LogP contribution in [0.25, 0.3) is 0 Å². The Balaban J connectivity index is 1.96. The molecule has 0 aromatic carbocycles. The van der Waals surface area contributed by atoms with Crippen molar-refractivity contribution in [1.82, 2.24) is 10.2 Å². The van der Waals surface area contributed by atoms with Gasteiger partial charge in [0, 0.05) is 23.0 Å². The fraction of sp³-hybridized carbons (Fsp3) is 0.667. The summed E-state index contributed by atoms with van der Waals surface area (Å²) in [7, 11) is 0. The van der Waals surface area contributed by atoms with Gasteiger partial charge in [0.2, 0.25) is 5.91 Å². The molecule has 0 aliphatic carbocycles. The van der Waals surface area contributed by atoms with Crippen LogP contribution in [0.4, 0.5) is 0 Å². The van der Waals surface area contributed by atoms with Gasteiger partial charge in [0.1, 0.15) is 0 Å². The molecule has 1 aliphatic rings. The Kier molecular flexibility index (Phi) is 4.31. The first-order chi connectivity index (χ1) is 8.93. The van der Waals surface area contributed by atoms with Crippen LogP contribution in [0.2, 0.25) is 0 Å². The van der Waals surface area contributed by atoms with Gasteiger partial charge >= 0.3 is 0 Å². The van der Waals surface area contributed by atoms with E-state index in [1.165, 1.54) is 10.4 Å². The summed E-state index contributed by atoms with van der Waals surface area (Å²) in [6.07, 6.45) is 2.02. The molecule has 2 heterocycles. The van der Waals surface area contributed by atoms with Crippen LogP contribution in [-0.4, -0.2) is 29.4 Å². The molecule has 0 spiro atoms. The van der Waals surface area contributed by atoms with Crippen molar-refractivity contribution in [2.75, 3.05) is 13.1 Å². The van der Waals surface area contributed by atoms with E-state index in [4.69, 9.17) is 0 Å². The maximum Gasteiger partial charge on any atom is 0.234 e. The van der Waals surface area contributed by atoms with Crippen LogP contribution in [-0.2, 0) is 11.2 Å². The zero-order valence-electron chi connectivity index (χ0n) is 12.3. The molecular weight excluding hydrogens is 256 g/mol. The molecule has 1 amide bonds. The summed E-state index contributed by atoms with van der Waals surface area (Å²) in [6, 6.07) is 2.55. The highest BCUT2D eigenvalue weighted by molar-refractivity contribution is 7.10. The van der Waals surface area contributed by atoms with Gasteiger partial charge in [0.05, 0.1) is 6.54 Å². The van der Waals surface area contributed by atoms with Crippen molar-refractivity contribution in [2.45, 2.75) is 52.1 Å². The number of amides is 1. The van der Waals surface area contributed by atoms with Crippen molar-refractivity contribution in [1.29, 1.82) is 0 Å². The number of nitrogens with zero attached hydrogens (tertiary/aromatic N) is 1. The largest absolute Gasteiger partial charge is 0.350 e. The Labute approximate surface area is 120 Å². The minimum atomic E-state index is -0.107. The van der Waals surface area contributed by atoms with Crippen molar-refractivity contribution in [3.05, 3.63) is 21.9 Å². The molecule has 1 unspecified atom stereocenters. The Hall–Kier alpha value is -0.870. The molecule has 3 nitrogen and oxygen atoms in total. The third-order valence-electron chi connectivity index (χ3n) is 4.11. The van der Waals surface area contributed by atoms with E-state index in [0.717, 1.165) is 19.4 Å². The third-order valence-corrected chi connectivity index (χ3v) is 5.11. The number of thiophene rings is 1. The predicted molar refractivity (Wildman–Crippen MR) is 80.5 cm³/mol. The molecule has 0 saturated heterocycles. The molecule has 1 aliphatic heterocycles. The van der Waals surface area contributed by atoms with E-state index in [-0.39, 0.29) is 11.4 Å². The first kappa shape index (κ1) is 14.5. The van der Waals surface area contributed by atoms with E-state index in [9.17, 15) is 4.79 Å². The summed E-state index contributed by atoms with van der Waals surface area (Å²) in [5, 5.41) is 5.27. The lowest BCUT2D eigenvalue weighted by atomic mass is 10.0. The van der Waals surface area contributed by atoms with Gasteiger partial charge in [-0.05, 0) is 50.6 Å². The number of hydrogen-bond acceptors (Lipinski definition) is 3. The summed E-state index contributed by atoms with van der Waals surface area (Å²) in [6.45, 7) is 9.92. The smallest absolute Gasteiger partial charge is 0.234 e. The second-order valence-electron chi connectivity index (χ2n) is 5.98. The Bertz CT molecular complexity index is 453. The van der Waals surface area contributed by atoms with E-state index in [2.05, 4.69) is 49.4 Å². The zero-order valence-corrected chi connectivity index (χ0v) is 13.1. The lowest BCUT2D eigenvalue weighted by Gasteiger charge is -2.34. The normalized spacial score (nSPS) is 20.1. The highest BCUT2D eigenvalue weighted by Gasteiger charge is 2.27. The van der Waals surface area contributed by atoms with E-state index in [0.29, 0.717) is 12.6 Å². The summed E-state index contributed by atoms with van der Waals surface area (Å²) in [4.78, 5) is 15.9. The van der Waals surface area contributed by atoms with Gasteiger partial charge in [-0.3, -0.25) is 9.69 Å². The lowest BCUT2D eigenvalue weighted by molar-refractivity contribution is -0.124. The fourth-order valence-corrected chi connectivity index (χ4v) is 3.43. The van der Waals surface area contributed by atoms with Crippen molar-refractivity contribution >= 4 is 17.2 Å². The summed E-state index contributed by atoms with van der Waals surface area (Å²) < 4.78 is 0. The molecule has 0 saturated carbocycles. The molecule has 1 aromatic heterocycles. The second-order valence-corrected chi connectivity index (χ2v) is 6.98. The molecular formula is C15H24N2OS. The van der Waals surface area contributed by atoms with Gasteiger partial charge in [-0.15, -0.1) is 11.3 Å². The number of nitrogens with one attached hydrogen (secondary N) is 1. The molecule has 0 fully saturated rings. The van der Waals surface area contributed by atoms with Gasteiger partial charge in [-0.25, -0.2) is 0 Å². The average Bonchev–Trinajstić information content (AvgIpc) is 2.81. The van der Waals surface area contributed by atoms with E-state index in [1.807, 2.05) is 11.3 Å². The molecule has 4 heteroatoms. The van der Waals surface area contributed by atoms with Crippen LogP contribution in [0, 0.1) is 0 Å². The molecule has 1 N–H and O–H groups in total. The topological polar surface area (TPSA) is 32.3 Å². The molecule has 0 bridgehead atoms. The number of hydrogen-bond donors (Lipinski definition) is 1. The molecule has 1 atom stereocenters. The van der Waals surface area contributed by atoms with Crippen molar-refractivity contribution in [3.8, 4) is 0 Å². The number of rotatable bonds is 4. The Morgan fingerprint density at radius 1 is 1.58 bits per heavy atom. The van der Waals surface area contributed by atoms with Crippen molar-refractivity contribution in [2.24, 2.45) is 0 Å². The summed E-state index contributed by atoms with van der Waals surface area (Å²) in [5.41, 5.74) is 1.29. The monoisotopic (exact) mass is 280 g/mol. The van der Waals surface area contributed by atoms with Crippen LogP contribution in [0.15, 0.2) is 11.4 Å². The van der Waals surface area contributed by atoms with Gasteiger partial charge in [0.25, 0.3) is 0 Å². The van der Waals surface area contributed by atoms with Crippen LogP contribution < -0.4 is 5.32 Å². The maximum atomic E-state index is 12.1. The maximum absolute atomic E-state index is 12.1. The first-order valence-electron chi connectivity index (χ1n) is 7.04. The van der Waals surface area contributed by atoms with Gasteiger partial charge < -0.3 is 5.32 Å². The minimum absolute atomic E-state index is 0.107. The highest BCUT2D eigenvalue weighted by atomic mass is 32.1. The Morgan fingerprint density at radius 3 is 3.00 bits per heavy atom. The third kappa shape index (κ3) is 3.37. The van der Waals surface area contributed by atoms with Gasteiger partial charge in [-0.2, -0.15) is 0 Å². The first-order valence-corrected chi connectivity index (χ1v) is 7.92. The van der Waals surface area contributed by atoms with E-state index < -0.39 is 0 Å². The molecule has 2 rings (SSSR count). The predicted octanol–water partition coefficient (Wildman–Crippen LogP) is 2.97. The Morgan fingerprint density at radius 2 is 2.32 bits per heavy atom. The SMILES string of the molecule is CCC(C)(C)NC(=O)CN1CCc2sccc2C1C. The van der Waals surface area contributed by atoms with Gasteiger partial charge in [-0.1, -0.05) is 6.92 Å². The molecule has 19 heavy (non-hydrogen) atoms. The van der Waals surface area contributed by atoms with Crippen LogP contribution in [0.5, 0.6) is 0 Å². The number of fused-ring (bicyclic) bond motifs is 1. The highest BCUT2D eigenvalue weighted by Crippen LogP contribution is 2.32. The molecule has 0 radical (unpaired) electrons. The summed E-state index contributed by atoms with van der Waals surface area (Å²) >= 11 is 1.84. The molecule has 106 valence electrons. The van der Waals surface area contributed by atoms with Crippen LogP contribution >= 0.6 is 11.3 Å². The fourth-order valence-electron chi connectivity index (χ4n) is 2.47. The van der Waals surface area contributed by atoms with Crippen LogP contribution in [0.3, 0.4) is 0 Å². The summed E-state index contributed by atoms with van der Waals surface area (Å²) in [5.74, 6) is 0.136. The van der Waals surface area contributed by atoms with Gasteiger partial charge in [0.15, 0.2) is 0 Å². The second kappa shape index (κ2) is 5.63. The molecule has 1 aromatic rings. The quantitative estimate of drug-likeness (QED) is 0.919. The van der Waals surface area contributed by atoms with Crippen molar-refractivity contribution in [3.63, 3.8) is 0 Å². The standard InChI is InChI=1S/C15H24N2OS/c1-5-15(3,4)16-14(18)10-17-8-6-13-12(11(17)2)7-9-19-13/h7,9,11H,5-6,8,10H2,1-4H3,(H,16,18). The van der Waals surface area contributed by atoms with Crippen molar-refractivity contribution < 1.29 is 4.79 Å². The minimum Gasteiger partial charge on any atom is -0.350 e. The lowest BCUT2D eigenvalue weighted by Crippen LogP contribution is -2.48. The average molecular weight is 280 g/mol.